The van der Waals surface area contributed by atoms with Crippen molar-refractivity contribution in [3.05, 3.63) is 0 Å². The maximum Gasteiger partial charge on any atom is 0.318 e. The minimum Gasteiger partial charge on any atom is -0.336 e. The molecule has 1 N–H and O–H groups in total. The molecule has 10 heavy (non-hydrogen) atoms. The van der Waals surface area contributed by atoms with Crippen LogP contribution in [-0.4, -0.2) is 29.4 Å². The van der Waals surface area contributed by atoms with E-state index in [0.29, 0.717) is 0 Å². The molecule has 1 aliphatic heterocycles. The van der Waals surface area contributed by atoms with E-state index in [2.05, 4.69) is 17.0 Å². The molecular weight excluding hydrogens is 168 g/mol. The van der Waals surface area contributed by atoms with Crippen molar-refractivity contribution in [3.8, 4) is 0 Å². The molecule has 0 aromatic heterocycles. The molecule has 1 rings (SSSR count). The van der Waals surface area contributed by atoms with E-state index in [-0.39, 0.29) is 11.4 Å². The largest absolute Gasteiger partial charge is 0.336 e. The third-order valence-corrected chi connectivity index (χ3v) is 2.96. The Morgan fingerprint density at radius 2 is 2.60 bits per heavy atom. The Morgan fingerprint density at radius 1 is 1.90 bits per heavy atom. The Balaban J connectivity index is 2.46. The molecule has 1 unspecified atom stereocenters. The van der Waals surface area contributed by atoms with Gasteiger partial charge in [0.2, 0.25) is 0 Å². The second-order valence-corrected chi connectivity index (χ2v) is 3.66. The molecule has 0 aliphatic carbocycles. The van der Waals surface area contributed by atoms with Crippen LogP contribution >= 0.6 is 22.5 Å². The molecule has 1 aliphatic rings. The predicted octanol–water partition coefficient (Wildman–Crippen LogP) is 0.936. The second-order valence-electron chi connectivity index (χ2n) is 2.13. The first-order valence-corrected chi connectivity index (χ1v) is 5.03. The monoisotopic (exact) mass is 178 g/mol. The number of nitrogens with one attached hydrogen (secondary N) is 1. The number of amides is 2. The summed E-state index contributed by atoms with van der Waals surface area (Å²) >= 11 is 4.03. The van der Waals surface area contributed by atoms with Crippen molar-refractivity contribution >= 4 is 28.5 Å². The lowest BCUT2D eigenvalue weighted by Gasteiger charge is -2.19. The number of urea groups is 1. The Hall–Kier alpha value is -0.0300. The summed E-state index contributed by atoms with van der Waals surface area (Å²) in [4.78, 5) is 12.7. The highest BCUT2D eigenvalue weighted by Gasteiger charge is 2.23. The standard InChI is InChI=1S/C5H10N2OS2/c1-4(10-9)7-3-2-6-5(7)8/h4,9H,2-3H2,1H3,(H,6,8). The van der Waals surface area contributed by atoms with Gasteiger partial charge in [-0.3, -0.25) is 0 Å². The summed E-state index contributed by atoms with van der Waals surface area (Å²) in [5, 5.41) is 2.90. The maximum absolute atomic E-state index is 10.9. The lowest BCUT2D eigenvalue weighted by atomic mass is 10.6. The molecule has 0 spiro atoms. The third kappa shape index (κ3) is 1.52. The summed E-state index contributed by atoms with van der Waals surface area (Å²) in [6.07, 6.45) is 0. The molecule has 3 nitrogen and oxygen atoms in total. The molecule has 5 heteroatoms. The molecule has 0 radical (unpaired) electrons. The Morgan fingerprint density at radius 3 is 3.00 bits per heavy atom. The van der Waals surface area contributed by atoms with Crippen molar-refractivity contribution in [1.82, 2.24) is 10.2 Å². The number of carbonyl (C=O) groups excluding carboxylic acids is 1. The van der Waals surface area contributed by atoms with Crippen LogP contribution in [0.25, 0.3) is 0 Å². The fourth-order valence-electron chi connectivity index (χ4n) is 0.890. The van der Waals surface area contributed by atoms with Gasteiger partial charge in [-0.15, -0.1) is 11.7 Å². The van der Waals surface area contributed by atoms with Crippen molar-refractivity contribution in [1.29, 1.82) is 0 Å². The van der Waals surface area contributed by atoms with Crippen molar-refractivity contribution < 1.29 is 4.79 Å². The van der Waals surface area contributed by atoms with Gasteiger partial charge in [0, 0.05) is 13.1 Å². The number of thiol groups is 1. The first kappa shape index (κ1) is 8.07. The van der Waals surface area contributed by atoms with Gasteiger partial charge in [0.25, 0.3) is 0 Å². The quantitative estimate of drug-likeness (QED) is 0.487. The summed E-state index contributed by atoms with van der Waals surface area (Å²) in [5.74, 6) is 0. The zero-order valence-electron chi connectivity index (χ0n) is 5.70. The van der Waals surface area contributed by atoms with Gasteiger partial charge in [-0.25, -0.2) is 4.79 Å². The molecular formula is C5H10N2OS2. The first-order valence-electron chi connectivity index (χ1n) is 3.10. The van der Waals surface area contributed by atoms with E-state index in [0.717, 1.165) is 13.1 Å². The molecule has 1 fully saturated rings. The van der Waals surface area contributed by atoms with Crippen LogP contribution in [0.3, 0.4) is 0 Å². The van der Waals surface area contributed by atoms with Gasteiger partial charge in [-0.2, -0.15) is 0 Å². The van der Waals surface area contributed by atoms with Crippen molar-refractivity contribution in [2.75, 3.05) is 13.1 Å². The van der Waals surface area contributed by atoms with E-state index in [4.69, 9.17) is 0 Å². The fourth-order valence-corrected chi connectivity index (χ4v) is 1.55. The molecule has 2 amide bonds. The van der Waals surface area contributed by atoms with Crippen LogP contribution in [0.15, 0.2) is 0 Å². The predicted molar refractivity (Wildman–Crippen MR) is 46.1 cm³/mol. The normalized spacial score (nSPS) is 21.0. The molecule has 0 saturated carbocycles. The summed E-state index contributed by atoms with van der Waals surface area (Å²) < 4.78 is 0. The number of hydrogen-bond donors (Lipinski definition) is 2. The molecule has 0 aromatic carbocycles. The van der Waals surface area contributed by atoms with Gasteiger partial charge in [0.15, 0.2) is 0 Å². The highest BCUT2D eigenvalue weighted by Crippen LogP contribution is 2.19. The van der Waals surface area contributed by atoms with E-state index < -0.39 is 0 Å². The molecule has 0 bridgehead atoms. The number of rotatable bonds is 2. The van der Waals surface area contributed by atoms with Crippen LogP contribution in [-0.2, 0) is 0 Å². The highest BCUT2D eigenvalue weighted by molar-refractivity contribution is 8.68. The third-order valence-electron chi connectivity index (χ3n) is 1.48. The van der Waals surface area contributed by atoms with E-state index in [1.165, 1.54) is 10.8 Å². The van der Waals surface area contributed by atoms with Crippen LogP contribution in [0.4, 0.5) is 4.79 Å². The number of carbonyl (C=O) groups is 1. The topological polar surface area (TPSA) is 32.3 Å². The van der Waals surface area contributed by atoms with Gasteiger partial charge in [-0.1, -0.05) is 10.8 Å². The minimum atomic E-state index is 0.0223. The summed E-state index contributed by atoms with van der Waals surface area (Å²) in [5.41, 5.74) is 0. The van der Waals surface area contributed by atoms with Crippen LogP contribution in [0, 0.1) is 0 Å². The van der Waals surface area contributed by atoms with Crippen LogP contribution in [0.1, 0.15) is 6.92 Å². The summed E-state index contributed by atoms with van der Waals surface area (Å²) in [6.45, 7) is 3.52. The fraction of sp³-hybridized carbons (Fsp3) is 0.800. The summed E-state index contributed by atoms with van der Waals surface area (Å²) in [7, 11) is 1.39. The maximum atomic E-state index is 10.9. The molecule has 1 heterocycles. The lowest BCUT2D eigenvalue weighted by Crippen LogP contribution is -2.33. The van der Waals surface area contributed by atoms with E-state index in [1.807, 2.05) is 6.92 Å². The molecule has 58 valence electrons. The highest BCUT2D eigenvalue weighted by atomic mass is 33.1. The van der Waals surface area contributed by atoms with Crippen LogP contribution in [0.5, 0.6) is 0 Å². The van der Waals surface area contributed by atoms with Crippen molar-refractivity contribution in [2.45, 2.75) is 12.3 Å². The molecule has 1 saturated heterocycles. The molecule has 0 aromatic rings. The summed E-state index contributed by atoms with van der Waals surface area (Å²) in [6, 6.07) is 0.0223. The minimum absolute atomic E-state index is 0.0223. The van der Waals surface area contributed by atoms with Gasteiger partial charge < -0.3 is 10.2 Å². The zero-order valence-corrected chi connectivity index (χ0v) is 7.41. The number of hydrogen-bond acceptors (Lipinski definition) is 3. The molecule has 1 atom stereocenters. The van der Waals surface area contributed by atoms with Gasteiger partial charge in [0.05, 0.1) is 5.37 Å². The van der Waals surface area contributed by atoms with Gasteiger partial charge in [-0.05, 0) is 6.92 Å². The Bertz CT molecular complexity index is 142. The van der Waals surface area contributed by atoms with Crippen molar-refractivity contribution in [3.63, 3.8) is 0 Å². The Labute approximate surface area is 69.3 Å². The van der Waals surface area contributed by atoms with E-state index in [9.17, 15) is 4.79 Å². The average Bonchev–Trinajstić information content (AvgIpc) is 2.34. The SMILES string of the molecule is CC(SS)N1CCNC1=O. The first-order chi connectivity index (χ1) is 4.75. The van der Waals surface area contributed by atoms with Crippen molar-refractivity contribution in [2.24, 2.45) is 0 Å². The van der Waals surface area contributed by atoms with Crippen LogP contribution in [0.2, 0.25) is 0 Å². The smallest absolute Gasteiger partial charge is 0.318 e. The second kappa shape index (κ2) is 3.39. The number of nitrogens with zero attached hydrogens (tertiary/aromatic N) is 1. The van der Waals surface area contributed by atoms with Gasteiger partial charge >= 0.3 is 6.03 Å². The lowest BCUT2D eigenvalue weighted by molar-refractivity contribution is 0.216. The van der Waals surface area contributed by atoms with E-state index in [1.54, 1.807) is 4.90 Å². The Kier molecular flexibility index (Phi) is 2.73. The average molecular weight is 178 g/mol. The zero-order chi connectivity index (χ0) is 7.56. The van der Waals surface area contributed by atoms with Gasteiger partial charge in [0.1, 0.15) is 0 Å². The van der Waals surface area contributed by atoms with E-state index >= 15 is 0 Å². The van der Waals surface area contributed by atoms with Crippen LogP contribution < -0.4 is 5.32 Å².